The third-order valence-corrected chi connectivity index (χ3v) is 3.64. The van der Waals surface area contributed by atoms with Gasteiger partial charge in [-0.3, -0.25) is 0 Å². The first-order valence-corrected chi connectivity index (χ1v) is 5.24. The number of rotatable bonds is 5. The number of hydrogen-bond donors (Lipinski definition) is 1. The highest BCUT2D eigenvalue weighted by atomic mass is 14.5. The predicted octanol–water partition coefficient (Wildman–Crippen LogP) is 2.90. The molecule has 1 nitrogen and oxygen atoms in total. The van der Waals surface area contributed by atoms with E-state index in [0.29, 0.717) is 5.92 Å². The van der Waals surface area contributed by atoms with Crippen LogP contribution in [0.3, 0.4) is 0 Å². The Kier molecular flexibility index (Phi) is 5.56. The van der Waals surface area contributed by atoms with Gasteiger partial charge in [0.15, 0.2) is 0 Å². The molecule has 0 aromatic carbocycles. The molecule has 0 rings (SSSR count). The first-order chi connectivity index (χ1) is 5.54. The monoisotopic (exact) mass is 171 g/mol. The first-order valence-electron chi connectivity index (χ1n) is 5.24. The number of nitrogens with two attached hydrogens (primary N) is 1. The van der Waals surface area contributed by atoms with Crippen LogP contribution >= 0.6 is 0 Å². The van der Waals surface area contributed by atoms with E-state index in [1.165, 1.54) is 6.42 Å². The van der Waals surface area contributed by atoms with Crippen molar-refractivity contribution in [2.45, 2.75) is 41.0 Å². The van der Waals surface area contributed by atoms with Gasteiger partial charge in [0.25, 0.3) is 0 Å². The Morgan fingerprint density at radius 3 is 1.67 bits per heavy atom. The second-order valence-corrected chi connectivity index (χ2v) is 4.32. The topological polar surface area (TPSA) is 26.0 Å². The van der Waals surface area contributed by atoms with Gasteiger partial charge < -0.3 is 5.73 Å². The molecule has 12 heavy (non-hydrogen) atoms. The molecule has 0 saturated carbocycles. The molecule has 0 bridgehead atoms. The van der Waals surface area contributed by atoms with Crippen LogP contribution in [0.15, 0.2) is 0 Å². The zero-order valence-corrected chi connectivity index (χ0v) is 9.30. The van der Waals surface area contributed by atoms with Crippen molar-refractivity contribution in [2.75, 3.05) is 6.54 Å². The fraction of sp³-hybridized carbons (Fsp3) is 1.00. The van der Waals surface area contributed by atoms with Crippen molar-refractivity contribution >= 4 is 0 Å². The molecule has 0 saturated heterocycles. The van der Waals surface area contributed by atoms with E-state index < -0.39 is 0 Å². The summed E-state index contributed by atoms with van der Waals surface area (Å²) in [6, 6.07) is 0. The molecule has 0 aliphatic rings. The van der Waals surface area contributed by atoms with Crippen LogP contribution in [0.2, 0.25) is 0 Å². The molecule has 0 heterocycles. The van der Waals surface area contributed by atoms with E-state index in [0.717, 1.165) is 24.3 Å². The van der Waals surface area contributed by atoms with Gasteiger partial charge >= 0.3 is 0 Å². The van der Waals surface area contributed by atoms with Crippen LogP contribution < -0.4 is 5.73 Å². The van der Waals surface area contributed by atoms with Crippen LogP contribution in [-0.4, -0.2) is 6.54 Å². The van der Waals surface area contributed by atoms with E-state index in [9.17, 15) is 0 Å². The molecular formula is C11H25N. The average Bonchev–Trinajstić information content (AvgIpc) is 2.12. The van der Waals surface area contributed by atoms with Crippen LogP contribution in [0.1, 0.15) is 41.0 Å². The molecule has 4 atom stereocenters. The molecule has 0 fully saturated rings. The Bertz CT molecular complexity index is 97.6. The van der Waals surface area contributed by atoms with Gasteiger partial charge in [0.2, 0.25) is 0 Å². The molecule has 0 spiro atoms. The molecule has 74 valence electrons. The summed E-state index contributed by atoms with van der Waals surface area (Å²) < 4.78 is 0. The van der Waals surface area contributed by atoms with Crippen molar-refractivity contribution < 1.29 is 0 Å². The third-order valence-electron chi connectivity index (χ3n) is 3.64. The summed E-state index contributed by atoms with van der Waals surface area (Å²) >= 11 is 0. The smallest absolute Gasteiger partial charge is 0.00489 e. The minimum atomic E-state index is 0.661. The molecule has 0 amide bonds. The summed E-state index contributed by atoms with van der Waals surface area (Å²) in [6.45, 7) is 12.4. The zero-order chi connectivity index (χ0) is 9.72. The van der Waals surface area contributed by atoms with Gasteiger partial charge in [0, 0.05) is 0 Å². The summed E-state index contributed by atoms with van der Waals surface area (Å²) in [5.41, 5.74) is 5.65. The van der Waals surface area contributed by atoms with Gasteiger partial charge in [-0.1, -0.05) is 41.0 Å². The van der Waals surface area contributed by atoms with Gasteiger partial charge in [-0.2, -0.15) is 0 Å². The lowest BCUT2D eigenvalue weighted by Crippen LogP contribution is -2.26. The van der Waals surface area contributed by atoms with Crippen molar-refractivity contribution in [2.24, 2.45) is 29.4 Å². The summed E-state index contributed by atoms with van der Waals surface area (Å²) in [6.07, 6.45) is 1.28. The largest absolute Gasteiger partial charge is 0.330 e. The Morgan fingerprint density at radius 2 is 1.33 bits per heavy atom. The fourth-order valence-electron chi connectivity index (χ4n) is 1.62. The predicted molar refractivity (Wildman–Crippen MR) is 56.0 cm³/mol. The lowest BCUT2D eigenvalue weighted by Gasteiger charge is -2.29. The maximum Gasteiger partial charge on any atom is -0.00489 e. The van der Waals surface area contributed by atoms with Crippen LogP contribution in [0, 0.1) is 23.7 Å². The first kappa shape index (κ1) is 12.0. The Labute approximate surface area is 77.7 Å². The molecular weight excluding hydrogens is 146 g/mol. The fourth-order valence-corrected chi connectivity index (χ4v) is 1.62. The van der Waals surface area contributed by atoms with Gasteiger partial charge in [0.1, 0.15) is 0 Å². The van der Waals surface area contributed by atoms with E-state index in [1.54, 1.807) is 0 Å². The van der Waals surface area contributed by atoms with Crippen molar-refractivity contribution in [3.8, 4) is 0 Å². The highest BCUT2D eigenvalue weighted by Crippen LogP contribution is 2.27. The molecule has 0 aliphatic carbocycles. The second kappa shape index (κ2) is 5.58. The quantitative estimate of drug-likeness (QED) is 0.676. The SMILES string of the molecule is CCC(C)C(C)C(C)C(C)CN. The summed E-state index contributed by atoms with van der Waals surface area (Å²) in [4.78, 5) is 0. The van der Waals surface area contributed by atoms with Crippen molar-refractivity contribution in [3.05, 3.63) is 0 Å². The van der Waals surface area contributed by atoms with Crippen molar-refractivity contribution in [1.29, 1.82) is 0 Å². The van der Waals surface area contributed by atoms with E-state index in [-0.39, 0.29) is 0 Å². The highest BCUT2D eigenvalue weighted by molar-refractivity contribution is 4.72. The maximum atomic E-state index is 5.65. The summed E-state index contributed by atoms with van der Waals surface area (Å²) in [5, 5.41) is 0. The van der Waals surface area contributed by atoms with E-state index in [4.69, 9.17) is 5.73 Å². The van der Waals surface area contributed by atoms with Crippen LogP contribution in [0.4, 0.5) is 0 Å². The highest BCUT2D eigenvalue weighted by Gasteiger charge is 2.21. The summed E-state index contributed by atoms with van der Waals surface area (Å²) in [5.74, 6) is 3.04. The second-order valence-electron chi connectivity index (χ2n) is 4.32. The van der Waals surface area contributed by atoms with Gasteiger partial charge in [-0.15, -0.1) is 0 Å². The lowest BCUT2D eigenvalue weighted by molar-refractivity contribution is 0.212. The van der Waals surface area contributed by atoms with Gasteiger partial charge in [-0.05, 0) is 30.2 Å². The molecule has 4 unspecified atom stereocenters. The van der Waals surface area contributed by atoms with Crippen LogP contribution in [0.5, 0.6) is 0 Å². The molecule has 0 aromatic rings. The Balaban J connectivity index is 3.99. The van der Waals surface area contributed by atoms with Crippen LogP contribution in [0.25, 0.3) is 0 Å². The maximum absolute atomic E-state index is 5.65. The van der Waals surface area contributed by atoms with Gasteiger partial charge in [-0.25, -0.2) is 0 Å². The number of hydrogen-bond acceptors (Lipinski definition) is 1. The molecule has 0 radical (unpaired) electrons. The third kappa shape index (κ3) is 3.14. The molecule has 0 aliphatic heterocycles. The van der Waals surface area contributed by atoms with E-state index in [1.807, 2.05) is 0 Å². The minimum Gasteiger partial charge on any atom is -0.330 e. The standard InChI is InChI=1S/C11H25N/c1-6-8(2)10(4)11(5)9(3)7-12/h8-11H,6-7,12H2,1-5H3. The van der Waals surface area contributed by atoms with E-state index >= 15 is 0 Å². The van der Waals surface area contributed by atoms with E-state index in [2.05, 4.69) is 34.6 Å². The van der Waals surface area contributed by atoms with Gasteiger partial charge in [0.05, 0.1) is 0 Å². The normalized spacial score (nSPS) is 21.5. The molecule has 0 aromatic heterocycles. The zero-order valence-electron chi connectivity index (χ0n) is 9.30. The van der Waals surface area contributed by atoms with Crippen LogP contribution in [-0.2, 0) is 0 Å². The average molecular weight is 171 g/mol. The molecule has 2 N–H and O–H groups in total. The van der Waals surface area contributed by atoms with Crippen molar-refractivity contribution in [1.82, 2.24) is 0 Å². The Morgan fingerprint density at radius 1 is 0.917 bits per heavy atom. The Hall–Kier alpha value is -0.0400. The summed E-state index contributed by atoms with van der Waals surface area (Å²) in [7, 11) is 0. The minimum absolute atomic E-state index is 0.661. The lowest BCUT2D eigenvalue weighted by atomic mass is 9.77. The van der Waals surface area contributed by atoms with Crippen molar-refractivity contribution in [3.63, 3.8) is 0 Å². The molecule has 1 heteroatoms.